The number of hydrogen-bond acceptors (Lipinski definition) is 6. The first-order chi connectivity index (χ1) is 15.0. The Bertz CT molecular complexity index is 956. The lowest BCUT2D eigenvalue weighted by Crippen LogP contribution is -2.31. The minimum Gasteiger partial charge on any atom is -0.507 e. The number of rotatable bonds is 7. The fourth-order valence-electron chi connectivity index (χ4n) is 4.70. The Labute approximate surface area is 190 Å². The molecule has 0 fully saturated rings. The van der Waals surface area contributed by atoms with Gasteiger partial charge < -0.3 is 30.3 Å². The Balaban J connectivity index is 1.95. The smallest absolute Gasteiger partial charge is 0.157 e. The van der Waals surface area contributed by atoms with Crippen LogP contribution in [0.5, 0.6) is 28.7 Å². The molecule has 0 saturated carbocycles. The van der Waals surface area contributed by atoms with E-state index in [4.69, 9.17) is 4.74 Å². The summed E-state index contributed by atoms with van der Waals surface area (Å²) in [5.74, 6) is 1.46. The van der Waals surface area contributed by atoms with E-state index in [-0.39, 0.29) is 35.3 Å². The van der Waals surface area contributed by atoms with Gasteiger partial charge in [0.25, 0.3) is 0 Å². The molecule has 0 aliphatic carbocycles. The SMILES string of the molecule is CCC(C)C(C)C(C)C(C)Cc1c(O)cc(O)c2c1OC(c1ccc(O)c(O)c1)C(O)C2. The van der Waals surface area contributed by atoms with E-state index >= 15 is 0 Å². The monoisotopic (exact) mass is 444 g/mol. The lowest BCUT2D eigenvalue weighted by Gasteiger charge is -2.34. The molecule has 6 heteroatoms. The molecule has 32 heavy (non-hydrogen) atoms. The van der Waals surface area contributed by atoms with Crippen molar-refractivity contribution in [3.63, 3.8) is 0 Å². The second kappa shape index (κ2) is 9.49. The van der Waals surface area contributed by atoms with Gasteiger partial charge in [0.15, 0.2) is 11.5 Å². The van der Waals surface area contributed by atoms with Gasteiger partial charge in [-0.1, -0.05) is 47.1 Å². The van der Waals surface area contributed by atoms with E-state index < -0.39 is 12.2 Å². The number of aliphatic hydroxyl groups is 1. The predicted octanol–water partition coefficient (Wildman–Crippen LogP) is 5.04. The van der Waals surface area contributed by atoms with Crippen molar-refractivity contribution >= 4 is 0 Å². The first kappa shape index (κ1) is 24.1. The highest BCUT2D eigenvalue weighted by molar-refractivity contribution is 5.58. The molecule has 0 bridgehead atoms. The molecule has 0 aromatic heterocycles. The van der Waals surface area contributed by atoms with Gasteiger partial charge in [-0.25, -0.2) is 0 Å². The normalized spacial score (nSPS) is 21.8. The van der Waals surface area contributed by atoms with Gasteiger partial charge in [0, 0.05) is 23.6 Å². The fraction of sp³-hybridized carbons (Fsp3) is 0.538. The molecule has 0 spiro atoms. The summed E-state index contributed by atoms with van der Waals surface area (Å²) < 4.78 is 6.16. The fourth-order valence-corrected chi connectivity index (χ4v) is 4.70. The minimum atomic E-state index is -0.962. The second-order valence-electron chi connectivity index (χ2n) is 9.54. The van der Waals surface area contributed by atoms with E-state index in [9.17, 15) is 25.5 Å². The molecular formula is C26H36O6. The Hall–Kier alpha value is -2.60. The van der Waals surface area contributed by atoms with Crippen LogP contribution in [0.4, 0.5) is 0 Å². The van der Waals surface area contributed by atoms with Crippen molar-refractivity contribution in [2.75, 3.05) is 0 Å². The molecule has 2 aromatic carbocycles. The number of phenolic OH excluding ortho intramolecular Hbond substituents is 4. The molecule has 0 radical (unpaired) electrons. The topological polar surface area (TPSA) is 110 Å². The van der Waals surface area contributed by atoms with Crippen LogP contribution < -0.4 is 4.74 Å². The average molecular weight is 445 g/mol. The van der Waals surface area contributed by atoms with Crippen molar-refractivity contribution in [2.45, 2.75) is 66.1 Å². The first-order valence-electron chi connectivity index (χ1n) is 11.5. The zero-order valence-corrected chi connectivity index (χ0v) is 19.5. The molecular weight excluding hydrogens is 408 g/mol. The van der Waals surface area contributed by atoms with Crippen molar-refractivity contribution < 1.29 is 30.3 Å². The zero-order chi connectivity index (χ0) is 23.7. The average Bonchev–Trinajstić information content (AvgIpc) is 2.76. The summed E-state index contributed by atoms with van der Waals surface area (Å²) in [5, 5.41) is 51.3. The molecule has 0 saturated heterocycles. The van der Waals surface area contributed by atoms with Gasteiger partial charge in [0.1, 0.15) is 23.4 Å². The number of fused-ring (bicyclic) bond motifs is 1. The summed E-state index contributed by atoms with van der Waals surface area (Å²) in [6, 6.07) is 5.60. The quantitative estimate of drug-likeness (QED) is 0.383. The van der Waals surface area contributed by atoms with E-state index in [1.807, 2.05) is 0 Å². The molecule has 6 nitrogen and oxygen atoms in total. The van der Waals surface area contributed by atoms with Crippen molar-refractivity contribution in [1.82, 2.24) is 0 Å². The van der Waals surface area contributed by atoms with Crippen molar-refractivity contribution in [2.24, 2.45) is 23.7 Å². The van der Waals surface area contributed by atoms with E-state index in [2.05, 4.69) is 34.6 Å². The molecule has 5 N–H and O–H groups in total. The maximum Gasteiger partial charge on any atom is 0.157 e. The summed E-state index contributed by atoms with van der Waals surface area (Å²) in [5.41, 5.74) is 1.59. The van der Waals surface area contributed by atoms with Crippen LogP contribution in [-0.2, 0) is 12.8 Å². The van der Waals surface area contributed by atoms with Crippen LogP contribution in [0.2, 0.25) is 0 Å². The summed E-state index contributed by atoms with van der Waals surface area (Å²) in [4.78, 5) is 0. The molecule has 2 aromatic rings. The van der Waals surface area contributed by atoms with Gasteiger partial charge in [-0.15, -0.1) is 0 Å². The Morgan fingerprint density at radius 1 is 0.875 bits per heavy atom. The van der Waals surface area contributed by atoms with Crippen LogP contribution in [0, 0.1) is 23.7 Å². The largest absolute Gasteiger partial charge is 0.507 e. The Morgan fingerprint density at radius 2 is 1.53 bits per heavy atom. The third-order valence-corrected chi connectivity index (χ3v) is 7.57. The lowest BCUT2D eigenvalue weighted by molar-refractivity contribution is 0.0186. The highest BCUT2D eigenvalue weighted by Crippen LogP contribution is 2.47. The van der Waals surface area contributed by atoms with Gasteiger partial charge >= 0.3 is 0 Å². The Kier molecular flexibility index (Phi) is 7.13. The third kappa shape index (κ3) is 4.60. The number of hydrogen-bond donors (Lipinski definition) is 5. The van der Waals surface area contributed by atoms with Crippen molar-refractivity contribution in [3.05, 3.63) is 41.0 Å². The maximum absolute atomic E-state index is 10.7. The van der Waals surface area contributed by atoms with Crippen LogP contribution >= 0.6 is 0 Å². The third-order valence-electron chi connectivity index (χ3n) is 7.57. The van der Waals surface area contributed by atoms with Gasteiger partial charge in [-0.3, -0.25) is 0 Å². The molecule has 3 rings (SSSR count). The standard InChI is InChI=1S/C26H36O6/c1-6-13(2)15(4)16(5)14(3)9-18-21(28)12-22(29)19-11-24(31)25(32-26(18)19)17-7-8-20(27)23(30)10-17/h7-8,10,12-16,24-25,27-31H,6,9,11H2,1-5H3. The zero-order valence-electron chi connectivity index (χ0n) is 19.5. The summed E-state index contributed by atoms with van der Waals surface area (Å²) in [7, 11) is 0. The van der Waals surface area contributed by atoms with Gasteiger partial charge in [0.05, 0.1) is 6.10 Å². The van der Waals surface area contributed by atoms with Crippen LogP contribution in [0.3, 0.4) is 0 Å². The Morgan fingerprint density at radius 3 is 2.16 bits per heavy atom. The van der Waals surface area contributed by atoms with Gasteiger partial charge in [-0.2, -0.15) is 0 Å². The summed E-state index contributed by atoms with van der Waals surface area (Å²) >= 11 is 0. The molecule has 176 valence electrons. The lowest BCUT2D eigenvalue weighted by atomic mass is 9.75. The van der Waals surface area contributed by atoms with E-state index in [1.165, 1.54) is 18.2 Å². The van der Waals surface area contributed by atoms with Gasteiger partial charge in [-0.05, 0) is 47.8 Å². The van der Waals surface area contributed by atoms with E-state index in [0.717, 1.165) is 6.42 Å². The molecule has 6 unspecified atom stereocenters. The van der Waals surface area contributed by atoms with Crippen LogP contribution in [0.1, 0.15) is 63.8 Å². The highest BCUT2D eigenvalue weighted by atomic mass is 16.5. The van der Waals surface area contributed by atoms with Crippen molar-refractivity contribution in [3.8, 4) is 28.7 Å². The van der Waals surface area contributed by atoms with Crippen molar-refractivity contribution in [1.29, 1.82) is 0 Å². The number of aromatic hydroxyl groups is 4. The molecule has 1 heterocycles. The predicted molar refractivity (Wildman–Crippen MR) is 123 cm³/mol. The maximum atomic E-state index is 10.7. The highest BCUT2D eigenvalue weighted by Gasteiger charge is 2.35. The van der Waals surface area contributed by atoms with Crippen LogP contribution in [0.25, 0.3) is 0 Å². The first-order valence-corrected chi connectivity index (χ1v) is 11.5. The summed E-state index contributed by atoms with van der Waals surface area (Å²) in [6.07, 6.45) is 0.0611. The minimum absolute atomic E-state index is 0.0276. The van der Waals surface area contributed by atoms with Crippen LogP contribution in [-0.4, -0.2) is 31.6 Å². The van der Waals surface area contributed by atoms with E-state index in [0.29, 0.717) is 46.6 Å². The van der Waals surface area contributed by atoms with E-state index in [1.54, 1.807) is 6.07 Å². The van der Waals surface area contributed by atoms with Gasteiger partial charge in [0.2, 0.25) is 0 Å². The number of aliphatic hydroxyl groups excluding tert-OH is 1. The molecule has 1 aliphatic heterocycles. The number of benzene rings is 2. The molecule has 1 aliphatic rings. The second-order valence-corrected chi connectivity index (χ2v) is 9.54. The molecule has 0 amide bonds. The number of ether oxygens (including phenoxy) is 1. The number of phenols is 4. The van der Waals surface area contributed by atoms with Crippen LogP contribution in [0.15, 0.2) is 24.3 Å². The molecule has 6 atom stereocenters. The summed E-state index contributed by atoms with van der Waals surface area (Å²) in [6.45, 7) is 11.1.